The fraction of sp³-hybridized carbons (Fsp3) is 0.588. The minimum atomic E-state index is -0.670. The lowest BCUT2D eigenvalue weighted by molar-refractivity contribution is -0.137. The Morgan fingerprint density at radius 1 is 1.38 bits per heavy atom. The number of fused-ring (bicyclic) bond motifs is 1. The Labute approximate surface area is 126 Å². The molecule has 1 aromatic carbocycles. The molecule has 0 bridgehead atoms. The van der Waals surface area contributed by atoms with Crippen molar-refractivity contribution in [3.05, 3.63) is 29.3 Å². The number of likely N-dealkylation sites (tertiary alicyclic amines) is 1. The Morgan fingerprint density at radius 3 is 3.05 bits per heavy atom. The zero-order valence-electron chi connectivity index (χ0n) is 12.7. The van der Waals surface area contributed by atoms with Crippen LogP contribution in [0.15, 0.2) is 18.2 Å². The maximum Gasteiger partial charge on any atom is 0.303 e. The van der Waals surface area contributed by atoms with Gasteiger partial charge in [0.25, 0.3) is 0 Å². The molecule has 2 aliphatic heterocycles. The molecular weight excluding hydrogens is 264 g/mol. The van der Waals surface area contributed by atoms with E-state index in [1.54, 1.807) is 0 Å². The second kappa shape index (κ2) is 6.06. The minimum absolute atomic E-state index is 0.309. The molecule has 0 aliphatic carbocycles. The summed E-state index contributed by atoms with van der Waals surface area (Å²) in [6.07, 6.45) is 3.42. The van der Waals surface area contributed by atoms with Gasteiger partial charge in [0.05, 0.1) is 0 Å². The van der Waals surface area contributed by atoms with Gasteiger partial charge in [0.2, 0.25) is 0 Å². The van der Waals surface area contributed by atoms with Gasteiger partial charge in [-0.2, -0.15) is 0 Å². The van der Waals surface area contributed by atoms with Crippen molar-refractivity contribution in [1.82, 2.24) is 4.90 Å². The molecule has 1 saturated heterocycles. The van der Waals surface area contributed by atoms with E-state index in [2.05, 4.69) is 35.0 Å². The van der Waals surface area contributed by atoms with Crippen LogP contribution in [0, 0.1) is 5.92 Å². The first kappa shape index (κ1) is 14.4. The topological polar surface area (TPSA) is 43.8 Å². The predicted molar refractivity (Wildman–Crippen MR) is 83.7 cm³/mol. The van der Waals surface area contributed by atoms with Crippen LogP contribution in [0.2, 0.25) is 0 Å². The van der Waals surface area contributed by atoms with Crippen LogP contribution in [0.3, 0.4) is 0 Å². The number of benzene rings is 1. The number of likely N-dealkylation sites (N-methyl/N-ethyl adjacent to an activating group) is 1. The quantitative estimate of drug-likeness (QED) is 0.903. The summed E-state index contributed by atoms with van der Waals surface area (Å²) in [5.41, 5.74) is 4.24. The Kier molecular flexibility index (Phi) is 4.15. The monoisotopic (exact) mass is 288 g/mol. The molecule has 2 aliphatic rings. The third-order valence-corrected chi connectivity index (χ3v) is 4.81. The summed E-state index contributed by atoms with van der Waals surface area (Å²) in [5, 5.41) is 8.77. The van der Waals surface area contributed by atoms with E-state index < -0.39 is 5.97 Å². The van der Waals surface area contributed by atoms with Crippen molar-refractivity contribution in [1.29, 1.82) is 0 Å². The molecule has 0 aromatic heterocycles. The van der Waals surface area contributed by atoms with Gasteiger partial charge in [0.15, 0.2) is 0 Å². The number of rotatable bonds is 5. The lowest BCUT2D eigenvalue weighted by atomic mass is 10.0. The Bertz CT molecular complexity index is 530. The van der Waals surface area contributed by atoms with E-state index in [1.165, 1.54) is 16.8 Å². The second-order valence-corrected chi connectivity index (χ2v) is 6.46. The van der Waals surface area contributed by atoms with Gasteiger partial charge in [0.1, 0.15) is 0 Å². The van der Waals surface area contributed by atoms with Crippen LogP contribution in [0.5, 0.6) is 0 Å². The molecule has 1 aromatic rings. The number of carbonyl (C=O) groups is 1. The zero-order chi connectivity index (χ0) is 14.8. The molecular formula is C17H24N2O2. The summed E-state index contributed by atoms with van der Waals surface area (Å²) in [7, 11) is 2.15. The summed E-state index contributed by atoms with van der Waals surface area (Å²) in [6, 6.07) is 6.84. The van der Waals surface area contributed by atoms with Crippen molar-refractivity contribution < 1.29 is 9.90 Å². The summed E-state index contributed by atoms with van der Waals surface area (Å²) in [4.78, 5) is 15.4. The van der Waals surface area contributed by atoms with Crippen molar-refractivity contribution in [2.24, 2.45) is 5.92 Å². The fourth-order valence-corrected chi connectivity index (χ4v) is 3.60. The number of aliphatic carboxylic acids is 1. The van der Waals surface area contributed by atoms with Gasteiger partial charge in [-0.05, 0) is 48.9 Å². The fourth-order valence-electron chi connectivity index (χ4n) is 3.60. The van der Waals surface area contributed by atoms with Crippen molar-refractivity contribution in [2.45, 2.75) is 32.2 Å². The molecule has 0 amide bonds. The van der Waals surface area contributed by atoms with Crippen molar-refractivity contribution in [3.8, 4) is 0 Å². The summed E-state index contributed by atoms with van der Waals surface area (Å²) in [6.45, 7) is 4.27. The van der Waals surface area contributed by atoms with E-state index >= 15 is 0 Å². The average molecular weight is 288 g/mol. The van der Waals surface area contributed by atoms with E-state index in [-0.39, 0.29) is 0 Å². The first-order chi connectivity index (χ1) is 10.1. The van der Waals surface area contributed by atoms with E-state index in [0.29, 0.717) is 12.3 Å². The molecule has 1 N–H and O–H groups in total. The standard InChI is InChI=1S/C17H24N2O2/c1-18-8-7-15-10-14(2-4-16(15)18)12-19-9-6-13(11-19)3-5-17(20)21/h2,4,10,13H,3,5-9,11-12H2,1H3,(H,20,21). The molecule has 0 radical (unpaired) electrons. The SMILES string of the molecule is CN1CCc2cc(CN3CCC(CCC(=O)O)C3)ccc21. The highest BCUT2D eigenvalue weighted by molar-refractivity contribution is 5.66. The largest absolute Gasteiger partial charge is 0.481 e. The third kappa shape index (κ3) is 3.38. The molecule has 1 fully saturated rings. The first-order valence-electron chi connectivity index (χ1n) is 7.89. The smallest absolute Gasteiger partial charge is 0.303 e. The maximum atomic E-state index is 10.6. The van der Waals surface area contributed by atoms with Gasteiger partial charge in [-0.25, -0.2) is 0 Å². The number of carboxylic acids is 1. The molecule has 3 rings (SSSR count). The van der Waals surface area contributed by atoms with E-state index in [9.17, 15) is 4.79 Å². The zero-order valence-corrected chi connectivity index (χ0v) is 12.7. The predicted octanol–water partition coefficient (Wildman–Crippen LogP) is 2.37. The van der Waals surface area contributed by atoms with Crippen LogP contribution in [-0.2, 0) is 17.8 Å². The Balaban J connectivity index is 1.55. The molecule has 21 heavy (non-hydrogen) atoms. The van der Waals surface area contributed by atoms with Gasteiger partial charge >= 0.3 is 5.97 Å². The second-order valence-electron chi connectivity index (χ2n) is 6.46. The number of carboxylic acid groups (broad SMARTS) is 1. The molecule has 114 valence electrons. The van der Waals surface area contributed by atoms with Gasteiger partial charge in [-0.15, -0.1) is 0 Å². The van der Waals surface area contributed by atoms with E-state index in [4.69, 9.17) is 5.11 Å². The first-order valence-corrected chi connectivity index (χ1v) is 7.89. The number of hydrogen-bond donors (Lipinski definition) is 1. The normalized spacial score (nSPS) is 21.8. The molecule has 0 spiro atoms. The number of hydrogen-bond acceptors (Lipinski definition) is 3. The van der Waals surface area contributed by atoms with E-state index in [0.717, 1.165) is 45.4 Å². The van der Waals surface area contributed by atoms with Crippen LogP contribution in [-0.4, -0.2) is 42.7 Å². The number of nitrogens with zero attached hydrogens (tertiary/aromatic N) is 2. The highest BCUT2D eigenvalue weighted by Gasteiger charge is 2.23. The van der Waals surface area contributed by atoms with Crippen LogP contribution >= 0.6 is 0 Å². The molecule has 2 heterocycles. The molecule has 1 unspecified atom stereocenters. The van der Waals surface area contributed by atoms with Crippen LogP contribution in [0.1, 0.15) is 30.4 Å². The summed E-state index contributed by atoms with van der Waals surface area (Å²) < 4.78 is 0. The summed E-state index contributed by atoms with van der Waals surface area (Å²) in [5.74, 6) is -0.113. The van der Waals surface area contributed by atoms with Crippen LogP contribution < -0.4 is 4.90 Å². The van der Waals surface area contributed by atoms with Crippen molar-refractivity contribution in [3.63, 3.8) is 0 Å². The number of anilines is 1. The average Bonchev–Trinajstić information content (AvgIpc) is 3.04. The Morgan fingerprint density at radius 2 is 2.24 bits per heavy atom. The minimum Gasteiger partial charge on any atom is -0.481 e. The lowest BCUT2D eigenvalue weighted by Crippen LogP contribution is -2.20. The van der Waals surface area contributed by atoms with E-state index in [1.807, 2.05) is 0 Å². The van der Waals surface area contributed by atoms with Crippen LogP contribution in [0.25, 0.3) is 0 Å². The summed E-state index contributed by atoms with van der Waals surface area (Å²) >= 11 is 0. The molecule has 4 heteroatoms. The van der Waals surface area contributed by atoms with Crippen molar-refractivity contribution >= 4 is 11.7 Å². The highest BCUT2D eigenvalue weighted by Crippen LogP contribution is 2.29. The highest BCUT2D eigenvalue weighted by atomic mass is 16.4. The molecule has 0 saturated carbocycles. The molecule has 1 atom stereocenters. The Hall–Kier alpha value is -1.55. The lowest BCUT2D eigenvalue weighted by Gasteiger charge is -2.17. The van der Waals surface area contributed by atoms with Gasteiger partial charge in [-0.1, -0.05) is 12.1 Å². The maximum absolute atomic E-state index is 10.6. The van der Waals surface area contributed by atoms with Crippen LogP contribution in [0.4, 0.5) is 5.69 Å². The van der Waals surface area contributed by atoms with Gasteiger partial charge in [0, 0.05) is 38.8 Å². The van der Waals surface area contributed by atoms with Gasteiger partial charge in [-0.3, -0.25) is 9.69 Å². The third-order valence-electron chi connectivity index (χ3n) is 4.81. The van der Waals surface area contributed by atoms with Gasteiger partial charge < -0.3 is 10.0 Å². The molecule has 4 nitrogen and oxygen atoms in total. The van der Waals surface area contributed by atoms with Crippen molar-refractivity contribution in [2.75, 3.05) is 31.6 Å².